The van der Waals surface area contributed by atoms with Gasteiger partial charge in [-0.2, -0.15) is 0 Å². The lowest BCUT2D eigenvalue weighted by Crippen LogP contribution is -2.25. The number of rotatable bonds is 3. The van der Waals surface area contributed by atoms with Crippen molar-refractivity contribution in [3.8, 4) is 0 Å². The van der Waals surface area contributed by atoms with Crippen molar-refractivity contribution < 1.29 is 4.74 Å². The minimum Gasteiger partial charge on any atom is -0.381 e. The van der Waals surface area contributed by atoms with E-state index in [9.17, 15) is 4.79 Å². The summed E-state index contributed by atoms with van der Waals surface area (Å²) in [5.74, 6) is 0.519. The molecule has 2 aliphatic heterocycles. The van der Waals surface area contributed by atoms with Crippen molar-refractivity contribution in [2.75, 3.05) is 19.8 Å². The van der Waals surface area contributed by atoms with Gasteiger partial charge in [-0.1, -0.05) is 13.5 Å². The summed E-state index contributed by atoms with van der Waals surface area (Å²) in [6.07, 6.45) is 1.93. The molecule has 0 aliphatic carbocycles. The van der Waals surface area contributed by atoms with Crippen LogP contribution in [-0.4, -0.2) is 39.3 Å². The van der Waals surface area contributed by atoms with E-state index in [2.05, 4.69) is 21.6 Å². The fourth-order valence-corrected chi connectivity index (χ4v) is 3.32. The van der Waals surface area contributed by atoms with E-state index in [4.69, 9.17) is 4.74 Å². The molecule has 6 nitrogen and oxygen atoms in total. The Bertz CT molecular complexity index is 798. The molecule has 1 saturated heterocycles. The molecule has 1 fully saturated rings. The average molecular weight is 300 g/mol. The number of hydrogen-bond donors (Lipinski definition) is 1. The second kappa shape index (κ2) is 4.98. The Balaban J connectivity index is 1.70. The molecule has 1 unspecified atom stereocenters. The summed E-state index contributed by atoms with van der Waals surface area (Å²) in [5, 5.41) is 3.12. The van der Waals surface area contributed by atoms with E-state index in [0.717, 1.165) is 55.2 Å². The van der Waals surface area contributed by atoms with Crippen LogP contribution in [0.1, 0.15) is 30.3 Å². The second-order valence-electron chi connectivity index (χ2n) is 6.13. The molecule has 1 atom stereocenters. The molecule has 2 aliphatic rings. The Kier molecular flexibility index (Phi) is 3.07. The summed E-state index contributed by atoms with van der Waals surface area (Å²) in [5.41, 5.74) is 4.04. The molecule has 0 radical (unpaired) electrons. The highest BCUT2D eigenvalue weighted by molar-refractivity contribution is 5.67. The standard InChI is InChI=1S/C16H20N4O2/c1-3-12-6-14-17-15-10(2)19(7-11-4-5-22-9-11)8-13(15)16(21)20(14)18-12/h6,11,18H,2-5,7-9H2,1H3. The Morgan fingerprint density at radius 1 is 1.55 bits per heavy atom. The van der Waals surface area contributed by atoms with Gasteiger partial charge in [0.25, 0.3) is 5.56 Å². The molecule has 6 heteroatoms. The molecule has 4 rings (SSSR count). The third-order valence-corrected chi connectivity index (χ3v) is 4.65. The van der Waals surface area contributed by atoms with Gasteiger partial charge in [0.15, 0.2) is 5.65 Å². The van der Waals surface area contributed by atoms with E-state index in [1.165, 1.54) is 0 Å². The van der Waals surface area contributed by atoms with Crippen molar-refractivity contribution in [3.63, 3.8) is 0 Å². The topological polar surface area (TPSA) is 62.6 Å². The minimum atomic E-state index is -0.00831. The van der Waals surface area contributed by atoms with Gasteiger partial charge in [0.2, 0.25) is 0 Å². The zero-order chi connectivity index (χ0) is 15.3. The Morgan fingerprint density at radius 2 is 2.41 bits per heavy atom. The lowest BCUT2D eigenvalue weighted by atomic mass is 10.1. The number of ether oxygens (including phenoxy) is 1. The SMILES string of the molecule is C=C1c2nc3cc(CC)[nH]n3c(=O)c2CN1CC1CCOC1. The van der Waals surface area contributed by atoms with Gasteiger partial charge in [-0.05, 0) is 12.8 Å². The van der Waals surface area contributed by atoms with Crippen molar-refractivity contribution in [2.45, 2.75) is 26.3 Å². The first-order valence-corrected chi connectivity index (χ1v) is 7.83. The van der Waals surface area contributed by atoms with Gasteiger partial charge in [-0.25, -0.2) is 9.50 Å². The minimum absolute atomic E-state index is 0.00831. The van der Waals surface area contributed by atoms with Crippen LogP contribution in [0.3, 0.4) is 0 Å². The first-order chi connectivity index (χ1) is 10.7. The maximum absolute atomic E-state index is 12.7. The Labute approximate surface area is 128 Å². The molecule has 1 N–H and O–H groups in total. The van der Waals surface area contributed by atoms with Crippen LogP contribution in [0.15, 0.2) is 17.4 Å². The van der Waals surface area contributed by atoms with Gasteiger partial charge < -0.3 is 9.64 Å². The van der Waals surface area contributed by atoms with Gasteiger partial charge in [0.05, 0.1) is 30.1 Å². The Hall–Kier alpha value is -2.08. The summed E-state index contributed by atoms with van der Waals surface area (Å²) < 4.78 is 6.99. The quantitative estimate of drug-likeness (QED) is 0.931. The number of nitrogens with one attached hydrogen (secondary N) is 1. The van der Waals surface area contributed by atoms with Crippen molar-refractivity contribution >= 4 is 11.3 Å². The summed E-state index contributed by atoms with van der Waals surface area (Å²) >= 11 is 0. The summed E-state index contributed by atoms with van der Waals surface area (Å²) in [7, 11) is 0. The van der Waals surface area contributed by atoms with Crippen LogP contribution in [0.5, 0.6) is 0 Å². The number of H-pyrrole nitrogens is 1. The predicted molar refractivity (Wildman–Crippen MR) is 83.6 cm³/mol. The molecule has 0 amide bonds. The largest absolute Gasteiger partial charge is 0.381 e. The van der Waals surface area contributed by atoms with Gasteiger partial charge in [-0.3, -0.25) is 9.89 Å². The van der Waals surface area contributed by atoms with Gasteiger partial charge in [0.1, 0.15) is 0 Å². The van der Waals surface area contributed by atoms with Crippen LogP contribution in [0.4, 0.5) is 0 Å². The van der Waals surface area contributed by atoms with Crippen LogP contribution in [0.2, 0.25) is 0 Å². The molecule has 116 valence electrons. The lowest BCUT2D eigenvalue weighted by Gasteiger charge is -2.21. The van der Waals surface area contributed by atoms with Crippen LogP contribution < -0.4 is 5.56 Å². The summed E-state index contributed by atoms with van der Waals surface area (Å²) in [6.45, 7) is 9.32. The highest BCUT2D eigenvalue weighted by Gasteiger charge is 2.30. The Morgan fingerprint density at radius 3 is 3.14 bits per heavy atom. The van der Waals surface area contributed by atoms with E-state index in [1.54, 1.807) is 4.52 Å². The van der Waals surface area contributed by atoms with Gasteiger partial charge in [-0.15, -0.1) is 0 Å². The third-order valence-electron chi connectivity index (χ3n) is 4.65. The van der Waals surface area contributed by atoms with Crippen molar-refractivity contribution in [1.29, 1.82) is 0 Å². The molecule has 2 aromatic heterocycles. The first kappa shape index (κ1) is 13.6. The molecule has 22 heavy (non-hydrogen) atoms. The van der Waals surface area contributed by atoms with Crippen molar-refractivity contribution in [1.82, 2.24) is 19.5 Å². The summed E-state index contributed by atoms with van der Waals surface area (Å²) in [6, 6.07) is 1.93. The van der Waals surface area contributed by atoms with E-state index >= 15 is 0 Å². The zero-order valence-electron chi connectivity index (χ0n) is 12.8. The molecule has 4 heterocycles. The molecular formula is C16H20N4O2. The number of fused-ring (bicyclic) bond motifs is 2. The van der Waals surface area contributed by atoms with Crippen LogP contribution in [-0.2, 0) is 17.7 Å². The van der Waals surface area contributed by atoms with Crippen LogP contribution in [0.25, 0.3) is 11.3 Å². The van der Waals surface area contributed by atoms with E-state index in [-0.39, 0.29) is 5.56 Å². The first-order valence-electron chi connectivity index (χ1n) is 7.83. The highest BCUT2D eigenvalue weighted by Crippen LogP contribution is 2.30. The number of aryl methyl sites for hydroxylation is 1. The number of nitrogens with zero attached hydrogens (tertiary/aromatic N) is 3. The smallest absolute Gasteiger partial charge is 0.278 e. The number of hydrogen-bond acceptors (Lipinski definition) is 4. The number of aromatic amines is 1. The van der Waals surface area contributed by atoms with Gasteiger partial charge in [0, 0.05) is 30.8 Å². The number of aromatic nitrogens is 3. The normalized spacial score (nSPS) is 21.0. The second-order valence-corrected chi connectivity index (χ2v) is 6.13. The third kappa shape index (κ3) is 1.98. The fraction of sp³-hybridized carbons (Fsp3) is 0.500. The van der Waals surface area contributed by atoms with E-state index in [0.29, 0.717) is 18.1 Å². The molecule has 0 saturated carbocycles. The van der Waals surface area contributed by atoms with Gasteiger partial charge >= 0.3 is 0 Å². The maximum Gasteiger partial charge on any atom is 0.278 e. The molecule has 0 aromatic carbocycles. The highest BCUT2D eigenvalue weighted by atomic mass is 16.5. The predicted octanol–water partition coefficient (Wildman–Crippen LogP) is 1.41. The molecule has 2 aromatic rings. The lowest BCUT2D eigenvalue weighted by molar-refractivity contribution is 0.178. The summed E-state index contributed by atoms with van der Waals surface area (Å²) in [4.78, 5) is 19.5. The zero-order valence-corrected chi connectivity index (χ0v) is 12.8. The monoisotopic (exact) mass is 300 g/mol. The molecule has 0 spiro atoms. The van der Waals surface area contributed by atoms with Crippen LogP contribution in [0, 0.1) is 5.92 Å². The maximum atomic E-state index is 12.7. The van der Waals surface area contributed by atoms with Crippen molar-refractivity contribution in [3.05, 3.63) is 40.0 Å². The average Bonchev–Trinajstić information content (AvgIpc) is 3.22. The van der Waals surface area contributed by atoms with E-state index in [1.807, 2.05) is 13.0 Å². The fourth-order valence-electron chi connectivity index (χ4n) is 3.32. The van der Waals surface area contributed by atoms with E-state index < -0.39 is 0 Å². The molecule has 0 bridgehead atoms. The van der Waals surface area contributed by atoms with Crippen molar-refractivity contribution in [2.24, 2.45) is 5.92 Å². The van der Waals surface area contributed by atoms with Crippen LogP contribution >= 0.6 is 0 Å². The molecular weight excluding hydrogens is 280 g/mol.